The topological polar surface area (TPSA) is 21.3 Å². The molecule has 21 heavy (non-hydrogen) atoms. The van der Waals surface area contributed by atoms with Crippen LogP contribution in [-0.4, -0.2) is 18.8 Å². The smallest absolute Gasteiger partial charge is 0.0656 e. The zero-order chi connectivity index (χ0) is 15.5. The lowest BCUT2D eigenvalue weighted by molar-refractivity contribution is -0.126. The van der Waals surface area contributed by atoms with Gasteiger partial charge in [-0.05, 0) is 24.3 Å². The Morgan fingerprint density at radius 2 is 1.90 bits per heavy atom. The number of ether oxygens (including phenoxy) is 1. The summed E-state index contributed by atoms with van der Waals surface area (Å²) in [6, 6.07) is 11.8. The first-order valence-corrected chi connectivity index (χ1v) is 8.37. The second-order valence-electron chi connectivity index (χ2n) is 7.36. The van der Waals surface area contributed by atoms with Crippen LogP contribution >= 0.6 is 0 Å². The Kier molecular flexibility index (Phi) is 5.45. The number of nitrogens with one attached hydrogen (secondary N) is 1. The molecule has 3 unspecified atom stereocenters. The molecule has 1 N–H and O–H groups in total. The van der Waals surface area contributed by atoms with Gasteiger partial charge in [-0.25, -0.2) is 0 Å². The predicted molar refractivity (Wildman–Crippen MR) is 89.4 cm³/mol. The summed E-state index contributed by atoms with van der Waals surface area (Å²) in [4.78, 5) is 0. The summed E-state index contributed by atoms with van der Waals surface area (Å²) < 4.78 is 6.07. The molecule has 1 saturated carbocycles. The van der Waals surface area contributed by atoms with E-state index >= 15 is 0 Å². The van der Waals surface area contributed by atoms with Gasteiger partial charge in [-0.2, -0.15) is 0 Å². The van der Waals surface area contributed by atoms with Crippen molar-refractivity contribution in [3.8, 4) is 0 Å². The number of benzene rings is 1. The predicted octanol–water partition coefficient (Wildman–Crippen LogP) is 4.57. The maximum atomic E-state index is 6.07. The lowest BCUT2D eigenvalue weighted by Crippen LogP contribution is -2.61. The Morgan fingerprint density at radius 3 is 2.43 bits per heavy atom. The van der Waals surface area contributed by atoms with Crippen molar-refractivity contribution in [2.45, 2.75) is 65.6 Å². The van der Waals surface area contributed by atoms with Crippen molar-refractivity contribution >= 4 is 0 Å². The highest BCUT2D eigenvalue weighted by atomic mass is 16.5. The van der Waals surface area contributed by atoms with Crippen LogP contribution in [0.25, 0.3) is 0 Å². The van der Waals surface area contributed by atoms with Crippen molar-refractivity contribution < 1.29 is 4.74 Å². The van der Waals surface area contributed by atoms with Crippen LogP contribution in [0.4, 0.5) is 0 Å². The number of hydrogen-bond acceptors (Lipinski definition) is 2. The van der Waals surface area contributed by atoms with E-state index in [9.17, 15) is 0 Å². The molecule has 0 bridgehead atoms. The van der Waals surface area contributed by atoms with Crippen molar-refractivity contribution in [1.29, 1.82) is 0 Å². The standard InChI is InChI=1S/C19H31NO/c1-6-16(15-10-8-7-9-11-15)20-17-12-18(19(17,4)5)21-13-14(2)3/h7-11,14,16-18,20H,6,12-13H2,1-5H3. The Balaban J connectivity index is 1.92. The summed E-state index contributed by atoms with van der Waals surface area (Å²) in [5.41, 5.74) is 1.61. The van der Waals surface area contributed by atoms with Crippen LogP contribution in [0.3, 0.4) is 0 Å². The average Bonchev–Trinajstić information content (AvgIpc) is 2.46. The zero-order valence-corrected chi connectivity index (χ0v) is 14.2. The van der Waals surface area contributed by atoms with Crippen LogP contribution in [0.2, 0.25) is 0 Å². The second kappa shape index (κ2) is 6.93. The molecule has 1 aliphatic carbocycles. The summed E-state index contributed by atoms with van der Waals surface area (Å²) >= 11 is 0. The van der Waals surface area contributed by atoms with Gasteiger partial charge in [0.1, 0.15) is 0 Å². The zero-order valence-electron chi connectivity index (χ0n) is 14.2. The van der Waals surface area contributed by atoms with E-state index in [0.29, 0.717) is 24.1 Å². The van der Waals surface area contributed by atoms with E-state index in [0.717, 1.165) is 19.4 Å². The molecular weight excluding hydrogens is 258 g/mol. The fraction of sp³-hybridized carbons (Fsp3) is 0.684. The number of rotatable bonds is 7. The molecule has 0 radical (unpaired) electrons. The summed E-state index contributed by atoms with van der Waals surface area (Å²) in [5, 5.41) is 3.85. The largest absolute Gasteiger partial charge is 0.377 e. The second-order valence-corrected chi connectivity index (χ2v) is 7.36. The van der Waals surface area contributed by atoms with E-state index < -0.39 is 0 Å². The van der Waals surface area contributed by atoms with E-state index in [1.165, 1.54) is 5.56 Å². The number of hydrogen-bond donors (Lipinski definition) is 1. The third kappa shape index (κ3) is 3.87. The molecule has 1 aromatic carbocycles. The van der Waals surface area contributed by atoms with Gasteiger partial charge in [-0.1, -0.05) is 65.0 Å². The molecule has 3 atom stereocenters. The van der Waals surface area contributed by atoms with Gasteiger partial charge in [0.15, 0.2) is 0 Å². The molecule has 0 aliphatic heterocycles. The average molecular weight is 289 g/mol. The van der Waals surface area contributed by atoms with Crippen LogP contribution in [0, 0.1) is 11.3 Å². The molecule has 0 heterocycles. The lowest BCUT2D eigenvalue weighted by Gasteiger charge is -2.53. The van der Waals surface area contributed by atoms with Gasteiger partial charge in [0.2, 0.25) is 0 Å². The molecule has 2 nitrogen and oxygen atoms in total. The van der Waals surface area contributed by atoms with E-state index in [4.69, 9.17) is 4.74 Å². The fourth-order valence-corrected chi connectivity index (χ4v) is 3.14. The Morgan fingerprint density at radius 1 is 1.24 bits per heavy atom. The molecule has 2 rings (SSSR count). The Bertz CT molecular complexity index is 426. The highest BCUT2D eigenvalue weighted by molar-refractivity contribution is 5.19. The molecule has 0 amide bonds. The maximum Gasteiger partial charge on any atom is 0.0656 e. The quantitative estimate of drug-likeness (QED) is 0.794. The van der Waals surface area contributed by atoms with Crippen LogP contribution < -0.4 is 5.32 Å². The maximum absolute atomic E-state index is 6.07. The van der Waals surface area contributed by atoms with E-state index in [1.807, 2.05) is 0 Å². The summed E-state index contributed by atoms with van der Waals surface area (Å²) in [6.45, 7) is 12.2. The first-order valence-electron chi connectivity index (χ1n) is 8.37. The van der Waals surface area contributed by atoms with Gasteiger partial charge in [0, 0.05) is 24.1 Å². The molecule has 0 saturated heterocycles. The third-order valence-corrected chi connectivity index (χ3v) is 4.82. The lowest BCUT2D eigenvalue weighted by atomic mass is 9.64. The summed E-state index contributed by atoms with van der Waals surface area (Å²) in [6.07, 6.45) is 2.64. The highest BCUT2D eigenvalue weighted by Gasteiger charge is 2.49. The van der Waals surface area contributed by atoms with Gasteiger partial charge in [0.25, 0.3) is 0 Å². The summed E-state index contributed by atoms with van der Waals surface area (Å²) in [7, 11) is 0. The van der Waals surface area contributed by atoms with Crippen molar-refractivity contribution in [2.24, 2.45) is 11.3 Å². The molecule has 1 fully saturated rings. The minimum atomic E-state index is 0.219. The Hall–Kier alpha value is -0.860. The van der Waals surface area contributed by atoms with Crippen LogP contribution in [-0.2, 0) is 4.74 Å². The van der Waals surface area contributed by atoms with E-state index in [1.54, 1.807) is 0 Å². The van der Waals surface area contributed by atoms with Crippen LogP contribution in [0.5, 0.6) is 0 Å². The SMILES string of the molecule is CCC(NC1CC(OCC(C)C)C1(C)C)c1ccccc1. The van der Waals surface area contributed by atoms with Gasteiger partial charge in [0.05, 0.1) is 6.10 Å². The molecule has 2 heteroatoms. The minimum Gasteiger partial charge on any atom is -0.377 e. The van der Waals surface area contributed by atoms with Gasteiger partial charge in [-0.3, -0.25) is 0 Å². The monoisotopic (exact) mass is 289 g/mol. The van der Waals surface area contributed by atoms with Crippen molar-refractivity contribution in [2.75, 3.05) is 6.61 Å². The van der Waals surface area contributed by atoms with Crippen LogP contribution in [0.1, 0.15) is 59.1 Å². The van der Waals surface area contributed by atoms with Crippen molar-refractivity contribution in [3.63, 3.8) is 0 Å². The first-order chi connectivity index (χ1) is 9.95. The van der Waals surface area contributed by atoms with Crippen molar-refractivity contribution in [3.05, 3.63) is 35.9 Å². The van der Waals surface area contributed by atoms with Gasteiger partial charge in [-0.15, -0.1) is 0 Å². The third-order valence-electron chi connectivity index (χ3n) is 4.82. The fourth-order valence-electron chi connectivity index (χ4n) is 3.14. The molecule has 1 aliphatic rings. The first kappa shape index (κ1) is 16.5. The molecule has 0 aromatic heterocycles. The Labute approximate surface area is 130 Å². The minimum absolute atomic E-state index is 0.219. The van der Waals surface area contributed by atoms with Gasteiger partial charge < -0.3 is 10.1 Å². The molecule has 1 aromatic rings. The molecular formula is C19H31NO. The highest BCUT2D eigenvalue weighted by Crippen LogP contribution is 2.44. The van der Waals surface area contributed by atoms with Crippen LogP contribution in [0.15, 0.2) is 30.3 Å². The molecule has 0 spiro atoms. The normalized spacial score (nSPS) is 25.6. The molecule has 118 valence electrons. The summed E-state index contributed by atoms with van der Waals surface area (Å²) in [5.74, 6) is 0.612. The van der Waals surface area contributed by atoms with Crippen molar-refractivity contribution in [1.82, 2.24) is 5.32 Å². The van der Waals surface area contributed by atoms with Gasteiger partial charge >= 0.3 is 0 Å². The van der Waals surface area contributed by atoms with E-state index in [-0.39, 0.29) is 5.41 Å². The van der Waals surface area contributed by atoms with E-state index in [2.05, 4.69) is 70.3 Å².